The number of hydrogen-bond donors (Lipinski definition) is 0. The first kappa shape index (κ1) is 20.5. The van der Waals surface area contributed by atoms with E-state index in [2.05, 4.69) is 15.3 Å². The van der Waals surface area contributed by atoms with Crippen molar-refractivity contribution in [1.82, 2.24) is 14.8 Å². The average molecular weight is 398 g/mol. The molecule has 3 rings (SSSR count). The minimum absolute atomic E-state index is 0. The van der Waals surface area contributed by atoms with Crippen molar-refractivity contribution in [2.75, 3.05) is 39.9 Å². The van der Waals surface area contributed by atoms with Crippen molar-refractivity contribution in [2.24, 2.45) is 0 Å². The molecule has 0 N–H and O–H groups in total. The molecule has 0 unspecified atom stereocenters. The Morgan fingerprint density at radius 2 is 1.81 bits per heavy atom. The van der Waals surface area contributed by atoms with E-state index < -0.39 is 0 Å². The lowest BCUT2D eigenvalue weighted by molar-refractivity contribution is -0.135. The molecule has 1 aromatic heterocycles. The number of ether oxygens (including phenoxy) is 2. The molecule has 1 aliphatic rings. The molecule has 1 aromatic carbocycles. The molecular weight excluding hydrogens is 374 g/mol. The Hall–Kier alpha value is -1.83. The number of methoxy groups -OCH3 is 1. The number of carbonyl (C=O) groups excluding carboxylic acids is 1. The summed E-state index contributed by atoms with van der Waals surface area (Å²) in [6.07, 6.45) is 0. The van der Waals surface area contributed by atoms with Crippen LogP contribution in [0.1, 0.15) is 10.7 Å². The standard InChI is InChI=1S/C18H23N3O3S.ClH/c1-14-13-25-17(19-14)11-20-7-9-21(10-8-20)18(22)12-24-16-5-3-15(23-2)4-6-16;/h3-6,13H,7-12H2,1-2H3;1H. The number of rotatable bonds is 6. The number of piperazine rings is 1. The summed E-state index contributed by atoms with van der Waals surface area (Å²) in [5, 5.41) is 3.21. The third-order valence-electron chi connectivity index (χ3n) is 4.17. The van der Waals surface area contributed by atoms with Gasteiger partial charge < -0.3 is 14.4 Å². The molecule has 0 aliphatic carbocycles. The number of amides is 1. The maximum Gasteiger partial charge on any atom is 0.260 e. The van der Waals surface area contributed by atoms with Gasteiger partial charge in [-0.3, -0.25) is 9.69 Å². The van der Waals surface area contributed by atoms with Gasteiger partial charge in [0.05, 0.1) is 13.7 Å². The van der Waals surface area contributed by atoms with Crippen molar-refractivity contribution in [2.45, 2.75) is 13.5 Å². The average Bonchev–Trinajstić information content (AvgIpc) is 3.05. The second kappa shape index (κ2) is 9.75. The molecule has 1 saturated heterocycles. The van der Waals surface area contributed by atoms with Crippen molar-refractivity contribution in [3.05, 3.63) is 40.3 Å². The molecule has 2 aromatic rings. The van der Waals surface area contributed by atoms with E-state index in [0.29, 0.717) is 5.75 Å². The van der Waals surface area contributed by atoms with Crippen LogP contribution in [0, 0.1) is 6.92 Å². The van der Waals surface area contributed by atoms with Crippen LogP contribution in [0.4, 0.5) is 0 Å². The lowest BCUT2D eigenvalue weighted by atomic mass is 10.3. The van der Waals surface area contributed by atoms with Crippen LogP contribution in [-0.2, 0) is 11.3 Å². The summed E-state index contributed by atoms with van der Waals surface area (Å²) in [7, 11) is 1.62. The number of thiazole rings is 1. The van der Waals surface area contributed by atoms with Gasteiger partial charge in [-0.2, -0.15) is 0 Å². The van der Waals surface area contributed by atoms with Crippen molar-refractivity contribution < 1.29 is 14.3 Å². The Balaban J connectivity index is 0.00000243. The van der Waals surface area contributed by atoms with Gasteiger partial charge in [-0.05, 0) is 31.2 Å². The molecule has 0 radical (unpaired) electrons. The van der Waals surface area contributed by atoms with E-state index in [0.717, 1.165) is 49.2 Å². The maximum atomic E-state index is 12.3. The third-order valence-corrected chi connectivity index (χ3v) is 5.12. The van der Waals surface area contributed by atoms with E-state index in [9.17, 15) is 4.79 Å². The van der Waals surface area contributed by atoms with E-state index in [-0.39, 0.29) is 24.9 Å². The zero-order valence-corrected chi connectivity index (χ0v) is 16.6. The van der Waals surface area contributed by atoms with Crippen LogP contribution in [0.5, 0.6) is 11.5 Å². The molecule has 0 spiro atoms. The molecule has 1 fully saturated rings. The topological polar surface area (TPSA) is 54.9 Å². The van der Waals surface area contributed by atoms with E-state index in [4.69, 9.17) is 9.47 Å². The summed E-state index contributed by atoms with van der Waals surface area (Å²) in [5.41, 5.74) is 1.07. The van der Waals surface area contributed by atoms with Crippen molar-refractivity contribution in [1.29, 1.82) is 0 Å². The first-order chi connectivity index (χ1) is 12.1. The summed E-state index contributed by atoms with van der Waals surface area (Å²) in [6.45, 7) is 6.14. The highest BCUT2D eigenvalue weighted by atomic mass is 35.5. The Bertz CT molecular complexity index is 700. The van der Waals surface area contributed by atoms with Gasteiger partial charge in [0.2, 0.25) is 0 Å². The summed E-state index contributed by atoms with van der Waals surface area (Å²) >= 11 is 1.70. The van der Waals surface area contributed by atoms with Gasteiger partial charge in [0.25, 0.3) is 5.91 Å². The molecule has 0 saturated carbocycles. The fraction of sp³-hybridized carbons (Fsp3) is 0.444. The molecule has 0 bridgehead atoms. The monoisotopic (exact) mass is 397 g/mol. The number of aromatic nitrogens is 1. The van der Waals surface area contributed by atoms with Crippen LogP contribution < -0.4 is 9.47 Å². The minimum atomic E-state index is 0. The largest absolute Gasteiger partial charge is 0.497 e. The van der Waals surface area contributed by atoms with E-state index >= 15 is 0 Å². The minimum Gasteiger partial charge on any atom is -0.497 e. The van der Waals surface area contributed by atoms with Crippen LogP contribution in [-0.4, -0.2) is 60.6 Å². The van der Waals surface area contributed by atoms with Crippen LogP contribution in [0.2, 0.25) is 0 Å². The van der Waals surface area contributed by atoms with Gasteiger partial charge in [0.15, 0.2) is 6.61 Å². The Morgan fingerprint density at radius 1 is 1.15 bits per heavy atom. The van der Waals surface area contributed by atoms with Gasteiger partial charge in [-0.1, -0.05) is 0 Å². The van der Waals surface area contributed by atoms with Crippen molar-refractivity contribution in [3.8, 4) is 11.5 Å². The van der Waals surface area contributed by atoms with Crippen LogP contribution in [0.15, 0.2) is 29.6 Å². The second-order valence-electron chi connectivity index (χ2n) is 6.00. The molecule has 8 heteroatoms. The molecule has 142 valence electrons. The molecule has 2 heterocycles. The number of benzene rings is 1. The highest BCUT2D eigenvalue weighted by Crippen LogP contribution is 2.17. The van der Waals surface area contributed by atoms with Crippen molar-refractivity contribution in [3.63, 3.8) is 0 Å². The predicted octanol–water partition coefficient (Wildman–Crippen LogP) is 2.61. The summed E-state index contributed by atoms with van der Waals surface area (Å²) in [6, 6.07) is 7.25. The highest BCUT2D eigenvalue weighted by Gasteiger charge is 2.22. The quantitative estimate of drug-likeness (QED) is 0.750. The normalized spacial score (nSPS) is 14.6. The van der Waals surface area contributed by atoms with E-state index in [1.54, 1.807) is 30.6 Å². The molecule has 1 aliphatic heterocycles. The van der Waals surface area contributed by atoms with Gasteiger partial charge in [0, 0.05) is 37.3 Å². The molecule has 0 atom stereocenters. The third kappa shape index (κ3) is 5.59. The van der Waals surface area contributed by atoms with Gasteiger partial charge in [-0.15, -0.1) is 23.7 Å². The number of carbonyl (C=O) groups is 1. The van der Waals surface area contributed by atoms with E-state index in [1.165, 1.54) is 0 Å². The second-order valence-corrected chi connectivity index (χ2v) is 6.95. The van der Waals surface area contributed by atoms with Crippen LogP contribution in [0.3, 0.4) is 0 Å². The number of aryl methyl sites for hydroxylation is 1. The maximum absolute atomic E-state index is 12.3. The highest BCUT2D eigenvalue weighted by molar-refractivity contribution is 7.09. The SMILES string of the molecule is COc1ccc(OCC(=O)N2CCN(Cc3nc(C)cs3)CC2)cc1.Cl. The molecule has 6 nitrogen and oxygen atoms in total. The van der Waals surface area contributed by atoms with E-state index in [1.807, 2.05) is 24.0 Å². The fourth-order valence-electron chi connectivity index (χ4n) is 2.73. The lowest BCUT2D eigenvalue weighted by Crippen LogP contribution is -2.49. The fourth-order valence-corrected chi connectivity index (χ4v) is 3.54. The zero-order valence-electron chi connectivity index (χ0n) is 15.0. The van der Waals surface area contributed by atoms with Gasteiger partial charge in [0.1, 0.15) is 16.5 Å². The van der Waals surface area contributed by atoms with Gasteiger partial charge in [-0.25, -0.2) is 4.98 Å². The number of halogens is 1. The van der Waals surface area contributed by atoms with Crippen LogP contribution >= 0.6 is 23.7 Å². The zero-order chi connectivity index (χ0) is 17.6. The lowest BCUT2D eigenvalue weighted by Gasteiger charge is -2.34. The predicted molar refractivity (Wildman–Crippen MR) is 104 cm³/mol. The smallest absolute Gasteiger partial charge is 0.260 e. The Labute approximate surface area is 164 Å². The first-order valence-electron chi connectivity index (χ1n) is 8.32. The Kier molecular flexibility index (Phi) is 7.68. The number of nitrogens with zero attached hydrogens (tertiary/aromatic N) is 3. The molecule has 26 heavy (non-hydrogen) atoms. The van der Waals surface area contributed by atoms with Gasteiger partial charge >= 0.3 is 0 Å². The number of hydrogen-bond acceptors (Lipinski definition) is 6. The summed E-state index contributed by atoms with van der Waals surface area (Å²) < 4.78 is 10.7. The summed E-state index contributed by atoms with van der Waals surface area (Å²) in [5.74, 6) is 1.47. The van der Waals surface area contributed by atoms with Crippen LogP contribution in [0.25, 0.3) is 0 Å². The Morgan fingerprint density at radius 3 is 2.38 bits per heavy atom. The summed E-state index contributed by atoms with van der Waals surface area (Å²) in [4.78, 5) is 21.0. The van der Waals surface area contributed by atoms with Crippen molar-refractivity contribution >= 4 is 29.7 Å². The first-order valence-corrected chi connectivity index (χ1v) is 9.20. The molecular formula is C18H24ClN3O3S. The molecule has 1 amide bonds.